The smallest absolute Gasteiger partial charge is 0.317 e. The van der Waals surface area contributed by atoms with Crippen LogP contribution in [0.3, 0.4) is 0 Å². The van der Waals surface area contributed by atoms with E-state index in [0.29, 0.717) is 37.8 Å². The molecule has 6 nitrogen and oxygen atoms in total. The molecule has 1 aromatic carbocycles. The van der Waals surface area contributed by atoms with Gasteiger partial charge in [-0.25, -0.2) is 9.18 Å². The Balaban J connectivity index is 1.71. The SMILES string of the molecule is CN(C[C@H]1CCOC1)C(=O)NCCNc1cccc(F)c1C#N. The largest absolute Gasteiger partial charge is 0.382 e. The van der Waals surface area contributed by atoms with Crippen LogP contribution in [0, 0.1) is 23.1 Å². The average Bonchev–Trinajstić information content (AvgIpc) is 3.04. The van der Waals surface area contributed by atoms with Gasteiger partial charge in [-0.15, -0.1) is 0 Å². The molecule has 7 heteroatoms. The summed E-state index contributed by atoms with van der Waals surface area (Å²) in [6, 6.07) is 6.09. The number of ether oxygens (including phenoxy) is 1. The summed E-state index contributed by atoms with van der Waals surface area (Å²) in [5.74, 6) is -0.158. The number of hydrogen-bond acceptors (Lipinski definition) is 4. The van der Waals surface area contributed by atoms with E-state index in [1.165, 1.54) is 12.1 Å². The summed E-state index contributed by atoms with van der Waals surface area (Å²) in [7, 11) is 1.75. The molecule has 1 fully saturated rings. The number of halogens is 1. The van der Waals surface area contributed by atoms with Crippen LogP contribution in [0.5, 0.6) is 0 Å². The van der Waals surface area contributed by atoms with Gasteiger partial charge in [-0.3, -0.25) is 0 Å². The highest BCUT2D eigenvalue weighted by Crippen LogP contribution is 2.17. The van der Waals surface area contributed by atoms with Crippen LogP contribution >= 0.6 is 0 Å². The molecule has 2 N–H and O–H groups in total. The Hall–Kier alpha value is -2.33. The number of carbonyl (C=O) groups excluding carboxylic acids is 1. The molecule has 0 spiro atoms. The third-order valence-electron chi connectivity index (χ3n) is 3.74. The number of urea groups is 1. The lowest BCUT2D eigenvalue weighted by Crippen LogP contribution is -2.41. The first kappa shape index (κ1) is 17.0. The molecule has 1 aliphatic rings. The zero-order valence-corrected chi connectivity index (χ0v) is 13.1. The number of rotatable bonds is 6. The summed E-state index contributed by atoms with van der Waals surface area (Å²) in [6.45, 7) is 2.92. The first-order valence-corrected chi connectivity index (χ1v) is 7.61. The summed E-state index contributed by atoms with van der Waals surface area (Å²) in [6.07, 6.45) is 0.982. The summed E-state index contributed by atoms with van der Waals surface area (Å²) in [5, 5.41) is 14.7. The molecule has 2 amide bonds. The molecule has 23 heavy (non-hydrogen) atoms. The van der Waals surface area contributed by atoms with Gasteiger partial charge in [0.2, 0.25) is 0 Å². The maximum Gasteiger partial charge on any atom is 0.317 e. The zero-order chi connectivity index (χ0) is 16.7. The van der Waals surface area contributed by atoms with Crippen LogP contribution in [0.1, 0.15) is 12.0 Å². The second-order valence-corrected chi connectivity index (χ2v) is 5.54. The lowest BCUT2D eigenvalue weighted by molar-refractivity contribution is 0.171. The van der Waals surface area contributed by atoms with Crippen molar-refractivity contribution in [3.05, 3.63) is 29.6 Å². The molecule has 124 valence electrons. The molecule has 0 aromatic heterocycles. The molecular formula is C16H21FN4O2. The fourth-order valence-corrected chi connectivity index (χ4v) is 2.48. The number of anilines is 1. The maximum absolute atomic E-state index is 13.4. The molecule has 2 rings (SSSR count). The van der Waals surface area contributed by atoms with Gasteiger partial charge < -0.3 is 20.3 Å². The van der Waals surface area contributed by atoms with Crippen molar-refractivity contribution in [1.29, 1.82) is 5.26 Å². The van der Waals surface area contributed by atoms with Crippen molar-refractivity contribution in [2.45, 2.75) is 6.42 Å². The van der Waals surface area contributed by atoms with Crippen molar-refractivity contribution < 1.29 is 13.9 Å². The summed E-state index contributed by atoms with van der Waals surface area (Å²) in [5.41, 5.74) is 0.412. The van der Waals surface area contributed by atoms with Crippen molar-refractivity contribution in [3.63, 3.8) is 0 Å². The summed E-state index contributed by atoms with van der Waals surface area (Å²) in [4.78, 5) is 13.6. The second-order valence-electron chi connectivity index (χ2n) is 5.54. The minimum Gasteiger partial charge on any atom is -0.382 e. The Morgan fingerprint density at radius 1 is 1.52 bits per heavy atom. The highest BCUT2D eigenvalue weighted by Gasteiger charge is 2.19. The second kappa shape index (κ2) is 8.34. The third kappa shape index (κ3) is 4.83. The van der Waals surface area contributed by atoms with E-state index >= 15 is 0 Å². The number of nitrogens with one attached hydrogen (secondary N) is 2. The van der Waals surface area contributed by atoms with Crippen molar-refractivity contribution in [2.24, 2.45) is 5.92 Å². The number of hydrogen-bond donors (Lipinski definition) is 2. The molecule has 0 bridgehead atoms. The Morgan fingerprint density at radius 3 is 3.04 bits per heavy atom. The molecule has 1 aromatic rings. The van der Waals surface area contributed by atoms with Gasteiger partial charge >= 0.3 is 6.03 Å². The molecule has 0 unspecified atom stereocenters. The summed E-state index contributed by atoms with van der Waals surface area (Å²) < 4.78 is 18.7. The molecule has 1 atom stereocenters. The van der Waals surface area contributed by atoms with E-state index in [1.54, 1.807) is 18.0 Å². The standard InChI is InChI=1S/C16H21FN4O2/c1-21(10-12-5-8-23-11-12)16(22)20-7-6-19-15-4-2-3-14(17)13(15)9-18/h2-4,12,19H,5-8,10-11H2,1H3,(H,20,22)/t12-/m1/s1. The lowest BCUT2D eigenvalue weighted by Gasteiger charge is -2.21. The number of benzene rings is 1. The van der Waals surface area contributed by atoms with Crippen LogP contribution < -0.4 is 10.6 Å². The Morgan fingerprint density at radius 2 is 2.35 bits per heavy atom. The molecular weight excluding hydrogens is 299 g/mol. The summed E-state index contributed by atoms with van der Waals surface area (Å²) >= 11 is 0. The predicted molar refractivity (Wildman–Crippen MR) is 84.6 cm³/mol. The lowest BCUT2D eigenvalue weighted by atomic mass is 10.1. The van der Waals surface area contributed by atoms with Gasteiger partial charge in [0.25, 0.3) is 0 Å². The highest BCUT2D eigenvalue weighted by atomic mass is 19.1. The topological polar surface area (TPSA) is 77.4 Å². The van der Waals surface area contributed by atoms with Crippen molar-refractivity contribution in [1.82, 2.24) is 10.2 Å². The van der Waals surface area contributed by atoms with Gasteiger partial charge in [-0.2, -0.15) is 5.26 Å². The molecule has 0 aliphatic carbocycles. The Kier molecular flexibility index (Phi) is 6.18. The minimum atomic E-state index is -0.556. The van der Waals surface area contributed by atoms with Gasteiger partial charge in [-0.1, -0.05) is 6.07 Å². The Bertz CT molecular complexity index is 582. The highest BCUT2D eigenvalue weighted by molar-refractivity contribution is 5.73. The van der Waals surface area contributed by atoms with E-state index in [1.807, 2.05) is 6.07 Å². The fraction of sp³-hybridized carbons (Fsp3) is 0.500. The van der Waals surface area contributed by atoms with E-state index in [-0.39, 0.29) is 11.6 Å². The van der Waals surface area contributed by atoms with Crippen LogP contribution in [0.15, 0.2) is 18.2 Å². The normalized spacial score (nSPS) is 16.7. The van der Waals surface area contributed by atoms with E-state index in [9.17, 15) is 9.18 Å². The van der Waals surface area contributed by atoms with Crippen molar-refractivity contribution in [2.75, 3.05) is 45.2 Å². The molecule has 0 saturated carbocycles. The van der Waals surface area contributed by atoms with Crippen molar-refractivity contribution in [3.8, 4) is 6.07 Å². The van der Waals surface area contributed by atoms with Crippen LogP contribution in [0.25, 0.3) is 0 Å². The van der Waals surface area contributed by atoms with E-state index < -0.39 is 5.82 Å². The van der Waals surface area contributed by atoms with E-state index in [2.05, 4.69) is 10.6 Å². The number of carbonyl (C=O) groups is 1. The van der Waals surface area contributed by atoms with Gasteiger partial charge in [0.05, 0.1) is 12.3 Å². The van der Waals surface area contributed by atoms with Crippen LogP contribution in [-0.4, -0.2) is 50.8 Å². The average molecular weight is 320 g/mol. The minimum absolute atomic E-state index is 0.0165. The van der Waals surface area contributed by atoms with Gasteiger partial charge in [0.1, 0.15) is 17.4 Å². The van der Waals surface area contributed by atoms with Crippen LogP contribution in [-0.2, 0) is 4.74 Å². The van der Waals surface area contributed by atoms with Gasteiger partial charge in [0.15, 0.2) is 0 Å². The molecule has 0 radical (unpaired) electrons. The van der Waals surface area contributed by atoms with E-state index in [4.69, 9.17) is 10.00 Å². The molecule has 1 heterocycles. The van der Waals surface area contributed by atoms with Crippen LogP contribution in [0.2, 0.25) is 0 Å². The fourth-order valence-electron chi connectivity index (χ4n) is 2.48. The third-order valence-corrected chi connectivity index (χ3v) is 3.74. The van der Waals surface area contributed by atoms with Gasteiger partial charge in [0, 0.05) is 39.2 Å². The monoisotopic (exact) mass is 320 g/mol. The first-order valence-electron chi connectivity index (χ1n) is 7.61. The van der Waals surface area contributed by atoms with Crippen LogP contribution in [0.4, 0.5) is 14.9 Å². The molecule has 1 aliphatic heterocycles. The van der Waals surface area contributed by atoms with Crippen molar-refractivity contribution >= 4 is 11.7 Å². The maximum atomic E-state index is 13.4. The number of amides is 2. The number of nitriles is 1. The predicted octanol–water partition coefficient (Wildman–Crippen LogP) is 1.79. The molecule has 1 saturated heterocycles. The van der Waals surface area contributed by atoms with E-state index in [0.717, 1.165) is 13.0 Å². The first-order chi connectivity index (χ1) is 11.1. The quantitative estimate of drug-likeness (QED) is 0.783. The zero-order valence-electron chi connectivity index (χ0n) is 13.1. The Labute approximate surface area is 135 Å². The van der Waals surface area contributed by atoms with Gasteiger partial charge in [-0.05, 0) is 18.6 Å². The number of nitrogens with zero attached hydrogens (tertiary/aromatic N) is 2.